The lowest BCUT2D eigenvalue weighted by molar-refractivity contribution is 0.0865. The predicted molar refractivity (Wildman–Crippen MR) is 77.1 cm³/mol. The zero-order valence-electron chi connectivity index (χ0n) is 11.8. The van der Waals surface area contributed by atoms with E-state index in [1.54, 1.807) is 0 Å². The molecule has 0 radical (unpaired) electrons. The van der Waals surface area contributed by atoms with E-state index in [-0.39, 0.29) is 17.7 Å². The Morgan fingerprint density at radius 2 is 2.25 bits per heavy atom. The average molecular weight is 273 g/mol. The van der Waals surface area contributed by atoms with Crippen molar-refractivity contribution in [3.05, 3.63) is 35.6 Å². The number of benzene rings is 1. The summed E-state index contributed by atoms with van der Waals surface area (Å²) in [5, 5.41) is 4.28. The molecule has 20 heavy (non-hydrogen) atoms. The van der Waals surface area contributed by atoms with Crippen LogP contribution in [0.15, 0.2) is 28.7 Å². The Bertz CT molecular complexity index is 632. The van der Waals surface area contributed by atoms with Crippen LogP contribution < -0.4 is 5.32 Å². The Morgan fingerprint density at radius 3 is 3.00 bits per heavy atom. The first-order chi connectivity index (χ1) is 9.70. The maximum absolute atomic E-state index is 12.6. The minimum Gasteiger partial charge on any atom is -0.453 e. The highest BCUT2D eigenvalue weighted by atomic mass is 16.5. The summed E-state index contributed by atoms with van der Waals surface area (Å²) in [4.78, 5) is 12.6. The third-order valence-electron chi connectivity index (χ3n) is 3.87. The molecule has 1 aliphatic rings. The largest absolute Gasteiger partial charge is 0.453 e. The Labute approximate surface area is 118 Å². The van der Waals surface area contributed by atoms with Gasteiger partial charge in [0, 0.05) is 11.4 Å². The number of carbonyl (C=O) groups is 1. The van der Waals surface area contributed by atoms with Crippen LogP contribution in [0.5, 0.6) is 0 Å². The maximum Gasteiger partial charge on any atom is 0.205 e. The molecular weight excluding hydrogens is 254 g/mol. The molecule has 3 rings (SSSR count). The van der Waals surface area contributed by atoms with E-state index in [0.717, 1.165) is 23.1 Å². The van der Waals surface area contributed by atoms with Crippen LogP contribution in [-0.2, 0) is 4.74 Å². The summed E-state index contributed by atoms with van der Waals surface area (Å²) < 4.78 is 11.2. The van der Waals surface area contributed by atoms with Crippen LogP contribution in [0.1, 0.15) is 23.0 Å². The number of aryl methyl sites for hydroxylation is 1. The van der Waals surface area contributed by atoms with Crippen LogP contribution in [0.25, 0.3) is 11.0 Å². The fourth-order valence-corrected chi connectivity index (χ4v) is 2.79. The van der Waals surface area contributed by atoms with Crippen molar-refractivity contribution in [3.63, 3.8) is 0 Å². The van der Waals surface area contributed by atoms with E-state index >= 15 is 0 Å². The number of ether oxygens (including phenoxy) is 1. The molecule has 1 aromatic heterocycles. The second-order valence-corrected chi connectivity index (χ2v) is 5.28. The number of furan rings is 1. The first kappa shape index (κ1) is 13.3. The van der Waals surface area contributed by atoms with Gasteiger partial charge in [0.1, 0.15) is 5.58 Å². The van der Waals surface area contributed by atoms with Gasteiger partial charge >= 0.3 is 0 Å². The van der Waals surface area contributed by atoms with Crippen LogP contribution in [0.2, 0.25) is 0 Å². The van der Waals surface area contributed by atoms with Crippen LogP contribution >= 0.6 is 0 Å². The van der Waals surface area contributed by atoms with Crippen molar-refractivity contribution < 1.29 is 13.9 Å². The van der Waals surface area contributed by atoms with Gasteiger partial charge in [-0.3, -0.25) is 4.79 Å². The Morgan fingerprint density at radius 1 is 1.40 bits per heavy atom. The molecular formula is C16H19NO3. The van der Waals surface area contributed by atoms with E-state index in [2.05, 4.69) is 5.32 Å². The quantitative estimate of drug-likeness (QED) is 0.870. The Hall–Kier alpha value is -1.65. The predicted octanol–water partition coefficient (Wildman–Crippen LogP) is 2.55. The molecule has 2 atom stereocenters. The molecule has 4 nitrogen and oxygen atoms in total. The van der Waals surface area contributed by atoms with Gasteiger partial charge in [-0.05, 0) is 25.1 Å². The van der Waals surface area contributed by atoms with Crippen LogP contribution in [0.4, 0.5) is 0 Å². The van der Waals surface area contributed by atoms with Gasteiger partial charge in [-0.2, -0.15) is 0 Å². The van der Waals surface area contributed by atoms with Crippen LogP contribution in [0, 0.1) is 12.8 Å². The molecule has 0 saturated carbocycles. The second-order valence-electron chi connectivity index (χ2n) is 5.28. The number of rotatable bonds is 4. The van der Waals surface area contributed by atoms with Gasteiger partial charge in [0.2, 0.25) is 5.78 Å². The molecule has 0 bridgehead atoms. The zero-order valence-corrected chi connectivity index (χ0v) is 11.8. The summed E-state index contributed by atoms with van der Waals surface area (Å²) in [5.74, 6) is 0.313. The van der Waals surface area contributed by atoms with Gasteiger partial charge in [-0.15, -0.1) is 0 Å². The van der Waals surface area contributed by atoms with E-state index in [0.29, 0.717) is 19.0 Å². The molecule has 0 amide bonds. The van der Waals surface area contributed by atoms with Crippen molar-refractivity contribution in [3.8, 4) is 0 Å². The van der Waals surface area contributed by atoms with Gasteiger partial charge in [0.25, 0.3) is 0 Å². The molecule has 1 saturated heterocycles. The topological polar surface area (TPSA) is 51.5 Å². The second kappa shape index (κ2) is 5.38. The van der Waals surface area contributed by atoms with Crippen molar-refractivity contribution in [1.29, 1.82) is 0 Å². The molecule has 0 spiro atoms. The lowest BCUT2D eigenvalue weighted by Crippen LogP contribution is -2.39. The summed E-state index contributed by atoms with van der Waals surface area (Å²) in [6.45, 7) is 5.90. The van der Waals surface area contributed by atoms with E-state index in [1.165, 1.54) is 0 Å². The molecule has 1 aromatic carbocycles. The number of fused-ring (bicyclic) bond motifs is 1. The lowest BCUT2D eigenvalue weighted by Gasteiger charge is -2.15. The zero-order chi connectivity index (χ0) is 14.1. The van der Waals surface area contributed by atoms with Crippen molar-refractivity contribution >= 4 is 16.8 Å². The van der Waals surface area contributed by atoms with Gasteiger partial charge < -0.3 is 14.5 Å². The van der Waals surface area contributed by atoms with Crippen molar-refractivity contribution in [1.82, 2.24) is 5.32 Å². The summed E-state index contributed by atoms with van der Waals surface area (Å²) >= 11 is 0. The first-order valence-electron chi connectivity index (χ1n) is 7.05. The van der Waals surface area contributed by atoms with E-state index in [9.17, 15) is 4.79 Å². The van der Waals surface area contributed by atoms with E-state index < -0.39 is 0 Å². The third-order valence-corrected chi connectivity index (χ3v) is 3.87. The number of likely N-dealkylation sites (N-methyl/N-ethyl adjacent to an activating group) is 1. The van der Waals surface area contributed by atoms with Crippen molar-refractivity contribution in [2.24, 2.45) is 5.92 Å². The lowest BCUT2D eigenvalue weighted by atomic mass is 9.96. The minimum absolute atomic E-state index is 0.0315. The molecule has 1 N–H and O–H groups in total. The SMILES string of the molecule is CCNC1COCC1C(=O)c1cc2cccc(C)c2o1. The van der Waals surface area contributed by atoms with Gasteiger partial charge in [-0.25, -0.2) is 0 Å². The molecule has 0 aliphatic carbocycles. The normalized spacial score (nSPS) is 22.5. The van der Waals surface area contributed by atoms with E-state index in [4.69, 9.17) is 9.15 Å². The Balaban J connectivity index is 1.90. The highest BCUT2D eigenvalue weighted by Crippen LogP contribution is 2.26. The summed E-state index contributed by atoms with van der Waals surface area (Å²) in [7, 11) is 0. The fraction of sp³-hybridized carbons (Fsp3) is 0.438. The molecule has 2 heterocycles. The standard InChI is InChI=1S/C16H19NO3/c1-3-17-13-9-19-8-12(13)15(18)14-7-11-6-4-5-10(2)16(11)20-14/h4-7,12-13,17H,3,8-9H2,1-2H3. The maximum atomic E-state index is 12.6. The number of nitrogens with one attached hydrogen (secondary N) is 1. The number of Topliss-reactive ketones (excluding diaryl/α,β-unsaturated/α-hetero) is 1. The minimum atomic E-state index is -0.157. The summed E-state index contributed by atoms with van der Waals surface area (Å²) in [6, 6.07) is 7.85. The number of hydrogen-bond acceptors (Lipinski definition) is 4. The number of ketones is 1. The van der Waals surface area contributed by atoms with Crippen LogP contribution in [0.3, 0.4) is 0 Å². The van der Waals surface area contributed by atoms with Crippen molar-refractivity contribution in [2.45, 2.75) is 19.9 Å². The molecule has 4 heteroatoms. The highest BCUT2D eigenvalue weighted by molar-refractivity contribution is 6.00. The van der Waals surface area contributed by atoms with Gasteiger partial charge in [0.05, 0.1) is 19.1 Å². The number of para-hydroxylation sites is 1. The monoisotopic (exact) mass is 273 g/mol. The number of carbonyl (C=O) groups excluding carboxylic acids is 1. The molecule has 2 unspecified atom stereocenters. The highest BCUT2D eigenvalue weighted by Gasteiger charge is 2.35. The number of hydrogen-bond donors (Lipinski definition) is 1. The van der Waals surface area contributed by atoms with E-state index in [1.807, 2.05) is 38.1 Å². The fourth-order valence-electron chi connectivity index (χ4n) is 2.79. The average Bonchev–Trinajstić information content (AvgIpc) is 3.05. The smallest absolute Gasteiger partial charge is 0.205 e. The van der Waals surface area contributed by atoms with Crippen LogP contribution in [-0.4, -0.2) is 31.6 Å². The Kier molecular flexibility index (Phi) is 3.59. The van der Waals surface area contributed by atoms with Gasteiger partial charge in [0.15, 0.2) is 5.76 Å². The molecule has 1 fully saturated rings. The summed E-state index contributed by atoms with van der Waals surface area (Å²) in [6.07, 6.45) is 0. The van der Waals surface area contributed by atoms with Gasteiger partial charge in [-0.1, -0.05) is 25.1 Å². The molecule has 1 aliphatic heterocycles. The summed E-state index contributed by atoms with van der Waals surface area (Å²) in [5.41, 5.74) is 1.85. The van der Waals surface area contributed by atoms with Crippen molar-refractivity contribution in [2.75, 3.05) is 19.8 Å². The first-order valence-corrected chi connectivity index (χ1v) is 7.05. The molecule has 2 aromatic rings. The third kappa shape index (κ3) is 2.25. The molecule has 106 valence electrons.